The second-order valence-electron chi connectivity index (χ2n) is 12.2. The highest BCUT2D eigenvalue weighted by Crippen LogP contribution is 2.73. The molecule has 1 aromatic carbocycles. The van der Waals surface area contributed by atoms with E-state index in [4.69, 9.17) is 16.3 Å². The first kappa shape index (κ1) is 23.4. The standard InChI is InChI=1S/C28H38ClNO4/c1-25-10-12-27(29)14-20-23(32)24(33)21(30(2)3)15-26(20)11-13-28(27,34-26)22(25)9-8-19(25)18-6-4-17(16-31)5-7-18/h4-8,20-24,31-33H,9-16H2,1-3H3/t20?,21-,22?,23+,24+,25+,26+,27?,28-/m0/s1. The zero-order valence-corrected chi connectivity index (χ0v) is 21.3. The van der Waals surface area contributed by atoms with Crippen molar-refractivity contribution in [3.05, 3.63) is 41.5 Å². The Labute approximate surface area is 207 Å². The summed E-state index contributed by atoms with van der Waals surface area (Å²) >= 11 is 7.57. The average molecular weight is 488 g/mol. The number of nitrogens with zero attached hydrogens (tertiary/aromatic N) is 1. The van der Waals surface area contributed by atoms with Crippen molar-refractivity contribution in [2.45, 2.75) is 92.8 Å². The zero-order chi connectivity index (χ0) is 24.1. The van der Waals surface area contributed by atoms with Crippen LogP contribution in [0, 0.1) is 17.3 Å². The van der Waals surface area contributed by atoms with Crippen LogP contribution in [0.5, 0.6) is 0 Å². The van der Waals surface area contributed by atoms with E-state index in [1.54, 1.807) is 0 Å². The summed E-state index contributed by atoms with van der Waals surface area (Å²) in [5, 5.41) is 31.6. The van der Waals surface area contributed by atoms with Gasteiger partial charge in [0.15, 0.2) is 0 Å². The third kappa shape index (κ3) is 2.86. The van der Waals surface area contributed by atoms with Gasteiger partial charge in [-0.3, -0.25) is 0 Å². The Kier molecular flexibility index (Phi) is 5.19. The van der Waals surface area contributed by atoms with Crippen molar-refractivity contribution in [3.63, 3.8) is 0 Å². The number of aliphatic hydroxyl groups is 3. The molecule has 0 amide bonds. The average Bonchev–Trinajstić information content (AvgIpc) is 3.35. The smallest absolute Gasteiger partial charge is 0.0958 e. The van der Waals surface area contributed by atoms with Crippen molar-refractivity contribution >= 4 is 17.2 Å². The van der Waals surface area contributed by atoms with E-state index >= 15 is 0 Å². The lowest BCUT2D eigenvalue weighted by molar-refractivity contribution is -0.276. The molecule has 2 bridgehead atoms. The van der Waals surface area contributed by atoms with Gasteiger partial charge in [0.25, 0.3) is 0 Å². The lowest BCUT2D eigenvalue weighted by Crippen LogP contribution is -2.72. The molecule has 5 nitrogen and oxygen atoms in total. The Morgan fingerprint density at radius 2 is 1.76 bits per heavy atom. The molecule has 34 heavy (non-hydrogen) atoms. The number of benzene rings is 1. The summed E-state index contributed by atoms with van der Waals surface area (Å²) in [6.45, 7) is 2.45. The quantitative estimate of drug-likeness (QED) is 0.567. The molecule has 2 saturated heterocycles. The molecule has 0 aromatic heterocycles. The number of aliphatic hydroxyl groups excluding tert-OH is 3. The Balaban J connectivity index is 1.37. The van der Waals surface area contributed by atoms with Gasteiger partial charge in [0.2, 0.25) is 0 Å². The lowest BCUT2D eigenvalue weighted by Gasteiger charge is -2.65. The fourth-order valence-corrected chi connectivity index (χ4v) is 9.32. The van der Waals surface area contributed by atoms with Crippen LogP contribution in [0.4, 0.5) is 0 Å². The zero-order valence-electron chi connectivity index (χ0n) is 20.5. The maximum absolute atomic E-state index is 11.2. The molecule has 2 saturated carbocycles. The number of alkyl halides is 1. The van der Waals surface area contributed by atoms with E-state index in [1.807, 2.05) is 31.1 Å². The molecule has 9 atom stereocenters. The first-order valence-corrected chi connectivity index (χ1v) is 13.3. The number of ether oxygens (including phenoxy) is 1. The van der Waals surface area contributed by atoms with Gasteiger partial charge in [-0.15, -0.1) is 11.6 Å². The van der Waals surface area contributed by atoms with E-state index < -0.39 is 28.3 Å². The van der Waals surface area contributed by atoms with Crippen molar-refractivity contribution in [1.29, 1.82) is 0 Å². The fourth-order valence-electron chi connectivity index (χ4n) is 8.80. The molecule has 4 fully saturated rings. The largest absolute Gasteiger partial charge is 0.392 e. The van der Waals surface area contributed by atoms with Crippen molar-refractivity contribution in [1.82, 2.24) is 4.90 Å². The number of allylic oxidation sites excluding steroid dienone is 2. The Bertz CT molecular complexity index is 1010. The summed E-state index contributed by atoms with van der Waals surface area (Å²) in [4.78, 5) is 1.52. The number of likely N-dealkylation sites (N-methyl/N-ethyl adjacent to an activating group) is 1. The number of hydrogen-bond acceptors (Lipinski definition) is 5. The predicted molar refractivity (Wildman–Crippen MR) is 132 cm³/mol. The molecule has 6 heteroatoms. The Hall–Kier alpha value is -0.950. The summed E-state index contributed by atoms with van der Waals surface area (Å²) < 4.78 is 7.29. The Morgan fingerprint density at radius 1 is 1.03 bits per heavy atom. The summed E-state index contributed by atoms with van der Waals surface area (Å²) in [5.74, 6) is 0.164. The van der Waals surface area contributed by atoms with Crippen LogP contribution in [-0.4, -0.2) is 68.6 Å². The van der Waals surface area contributed by atoms with Gasteiger partial charge in [0.1, 0.15) is 0 Å². The van der Waals surface area contributed by atoms with Crippen LogP contribution in [0.2, 0.25) is 0 Å². The van der Waals surface area contributed by atoms with Crippen LogP contribution < -0.4 is 0 Å². The molecule has 186 valence electrons. The van der Waals surface area contributed by atoms with Gasteiger partial charge in [0, 0.05) is 17.9 Å². The van der Waals surface area contributed by atoms with Crippen LogP contribution in [0.25, 0.3) is 5.57 Å². The van der Waals surface area contributed by atoms with E-state index in [1.165, 1.54) is 11.1 Å². The normalized spacial score (nSPS) is 49.4. The lowest BCUT2D eigenvalue weighted by atomic mass is 9.52. The predicted octanol–water partition coefficient (Wildman–Crippen LogP) is 3.72. The summed E-state index contributed by atoms with van der Waals surface area (Å²) in [5.41, 5.74) is 2.68. The first-order chi connectivity index (χ1) is 16.1. The van der Waals surface area contributed by atoms with Gasteiger partial charge in [-0.1, -0.05) is 37.3 Å². The first-order valence-electron chi connectivity index (χ1n) is 12.9. The van der Waals surface area contributed by atoms with Crippen molar-refractivity contribution in [2.75, 3.05) is 14.1 Å². The van der Waals surface area contributed by atoms with Crippen LogP contribution in [0.1, 0.15) is 63.0 Å². The number of fused-ring (bicyclic) bond motifs is 1. The van der Waals surface area contributed by atoms with E-state index in [0.29, 0.717) is 12.3 Å². The minimum absolute atomic E-state index is 0.0226. The van der Waals surface area contributed by atoms with Gasteiger partial charge >= 0.3 is 0 Å². The van der Waals surface area contributed by atoms with E-state index in [0.717, 1.165) is 44.1 Å². The van der Waals surface area contributed by atoms with Gasteiger partial charge < -0.3 is 25.0 Å². The number of halogens is 1. The molecule has 2 heterocycles. The number of hydrogen-bond donors (Lipinski definition) is 3. The molecule has 2 spiro atoms. The van der Waals surface area contributed by atoms with Crippen LogP contribution in [-0.2, 0) is 11.3 Å². The Morgan fingerprint density at radius 3 is 2.44 bits per heavy atom. The van der Waals surface area contributed by atoms with Crippen molar-refractivity contribution in [2.24, 2.45) is 17.3 Å². The van der Waals surface area contributed by atoms with Gasteiger partial charge in [-0.05, 0) is 81.2 Å². The minimum Gasteiger partial charge on any atom is -0.392 e. The molecule has 6 rings (SSSR count). The highest BCUT2D eigenvalue weighted by atomic mass is 35.5. The fraction of sp³-hybridized carbons (Fsp3) is 0.714. The second-order valence-corrected chi connectivity index (χ2v) is 13.0. The topological polar surface area (TPSA) is 73.2 Å². The van der Waals surface area contributed by atoms with E-state index in [9.17, 15) is 15.3 Å². The molecule has 3 unspecified atom stereocenters. The molecular formula is C28H38ClNO4. The highest BCUT2D eigenvalue weighted by molar-refractivity contribution is 6.25. The molecule has 0 radical (unpaired) electrons. The maximum atomic E-state index is 11.2. The number of rotatable bonds is 3. The van der Waals surface area contributed by atoms with Crippen LogP contribution in [0.15, 0.2) is 30.3 Å². The van der Waals surface area contributed by atoms with E-state index in [2.05, 4.69) is 25.1 Å². The SMILES string of the molecule is CN(C)[C@H]1C[C@@]23CC[C@]4(O2)C2CC=C(c5ccc(CO)cc5)[C@@]2(C)CCC4(Cl)CC3[C@@H](O)[C@@H]1O. The summed E-state index contributed by atoms with van der Waals surface area (Å²) in [7, 11) is 3.95. The van der Waals surface area contributed by atoms with Gasteiger partial charge in [0.05, 0.1) is 34.9 Å². The van der Waals surface area contributed by atoms with E-state index in [-0.39, 0.29) is 24.0 Å². The molecule has 2 aliphatic heterocycles. The van der Waals surface area contributed by atoms with Crippen LogP contribution >= 0.6 is 11.6 Å². The maximum Gasteiger partial charge on any atom is 0.0958 e. The molecular weight excluding hydrogens is 450 g/mol. The van der Waals surface area contributed by atoms with Crippen molar-refractivity contribution in [3.8, 4) is 0 Å². The monoisotopic (exact) mass is 487 g/mol. The molecule has 3 aliphatic carbocycles. The molecule has 1 aromatic rings. The van der Waals surface area contributed by atoms with Crippen molar-refractivity contribution < 1.29 is 20.1 Å². The van der Waals surface area contributed by atoms with Gasteiger partial charge in [-0.2, -0.15) is 0 Å². The summed E-state index contributed by atoms with van der Waals surface area (Å²) in [6.07, 6.45) is 6.85. The molecule has 3 N–H and O–H groups in total. The highest BCUT2D eigenvalue weighted by Gasteiger charge is 2.76. The summed E-state index contributed by atoms with van der Waals surface area (Å²) in [6, 6.07) is 8.19. The van der Waals surface area contributed by atoms with Gasteiger partial charge in [-0.25, -0.2) is 0 Å². The minimum atomic E-state index is -0.816. The third-order valence-electron chi connectivity index (χ3n) is 10.6. The second kappa shape index (κ2) is 7.53. The third-order valence-corrected chi connectivity index (χ3v) is 11.3. The molecule has 5 aliphatic rings. The van der Waals surface area contributed by atoms with Crippen LogP contribution in [0.3, 0.4) is 0 Å².